The van der Waals surface area contributed by atoms with Crippen LogP contribution in [0, 0.1) is 0 Å². The van der Waals surface area contributed by atoms with E-state index in [0.29, 0.717) is 30.1 Å². The fourth-order valence-electron chi connectivity index (χ4n) is 3.33. The van der Waals surface area contributed by atoms with E-state index < -0.39 is 6.10 Å². The van der Waals surface area contributed by atoms with E-state index in [4.69, 9.17) is 4.74 Å². The second-order valence-corrected chi connectivity index (χ2v) is 6.35. The lowest BCUT2D eigenvalue weighted by molar-refractivity contribution is -0.122. The monoisotopic (exact) mass is 341 g/mol. The van der Waals surface area contributed by atoms with Crippen LogP contribution in [0.5, 0.6) is 5.75 Å². The van der Waals surface area contributed by atoms with Gasteiger partial charge in [0, 0.05) is 13.1 Å². The normalized spacial score (nSPS) is 22.8. The molecule has 1 aromatic heterocycles. The van der Waals surface area contributed by atoms with E-state index in [0.717, 1.165) is 12.8 Å². The third-order valence-electron chi connectivity index (χ3n) is 4.66. The van der Waals surface area contributed by atoms with Crippen LogP contribution in [0.3, 0.4) is 0 Å². The predicted octanol–water partition coefficient (Wildman–Crippen LogP) is 1.47. The summed E-state index contributed by atoms with van der Waals surface area (Å²) in [5.74, 6) is 0.147. The maximum Gasteiger partial charge on any atom is 0.265 e. The number of para-hydroxylation sites is 1. The maximum atomic E-state index is 13.1. The number of amides is 2. The quantitative estimate of drug-likeness (QED) is 0.893. The zero-order chi connectivity index (χ0) is 17.4. The average molecular weight is 341 g/mol. The van der Waals surface area contributed by atoms with Gasteiger partial charge < -0.3 is 15.0 Å². The van der Waals surface area contributed by atoms with Gasteiger partial charge >= 0.3 is 0 Å². The number of ether oxygens (including phenoxy) is 1. The third-order valence-corrected chi connectivity index (χ3v) is 4.66. The Kier molecular flexibility index (Phi) is 3.87. The molecule has 1 aromatic carbocycles. The van der Waals surface area contributed by atoms with Crippen molar-refractivity contribution < 1.29 is 14.3 Å². The van der Waals surface area contributed by atoms with Crippen molar-refractivity contribution in [2.24, 2.45) is 0 Å². The van der Waals surface area contributed by atoms with E-state index in [-0.39, 0.29) is 17.9 Å². The number of nitrogens with one attached hydrogen (secondary N) is 1. The Hall–Kier alpha value is -2.90. The molecular formula is C17H19N5O3. The van der Waals surface area contributed by atoms with Gasteiger partial charge in [-0.1, -0.05) is 6.07 Å². The number of carbonyl (C=O) groups excluding carboxylic acids is 2. The molecule has 8 nitrogen and oxygen atoms in total. The first kappa shape index (κ1) is 15.6. The number of nitrogens with zero attached hydrogens (tertiary/aromatic N) is 4. The Morgan fingerprint density at radius 3 is 3.08 bits per heavy atom. The lowest BCUT2D eigenvalue weighted by atomic mass is 10.0. The number of hydrogen-bond donors (Lipinski definition) is 1. The first-order chi connectivity index (χ1) is 12.1. The molecule has 0 radical (unpaired) electrons. The van der Waals surface area contributed by atoms with Crippen molar-refractivity contribution in [2.45, 2.75) is 31.9 Å². The molecule has 130 valence electrons. The molecule has 4 rings (SSSR count). The van der Waals surface area contributed by atoms with Crippen LogP contribution in [0.25, 0.3) is 0 Å². The molecule has 2 atom stereocenters. The summed E-state index contributed by atoms with van der Waals surface area (Å²) in [6.07, 6.45) is 4.43. The molecule has 0 aliphatic carbocycles. The average Bonchev–Trinajstić information content (AvgIpc) is 3.16. The second kappa shape index (κ2) is 6.19. The van der Waals surface area contributed by atoms with Gasteiger partial charge in [-0.3, -0.25) is 9.59 Å². The molecule has 25 heavy (non-hydrogen) atoms. The molecule has 1 fully saturated rings. The van der Waals surface area contributed by atoms with Gasteiger partial charge in [-0.25, -0.2) is 9.67 Å². The van der Waals surface area contributed by atoms with Gasteiger partial charge in [-0.15, -0.1) is 0 Å². The highest BCUT2D eigenvalue weighted by Crippen LogP contribution is 2.34. The number of piperidine rings is 1. The van der Waals surface area contributed by atoms with Gasteiger partial charge in [-0.05, 0) is 31.9 Å². The fourth-order valence-corrected chi connectivity index (χ4v) is 3.33. The summed E-state index contributed by atoms with van der Waals surface area (Å²) in [4.78, 5) is 30.6. The van der Waals surface area contributed by atoms with Gasteiger partial charge in [-0.2, -0.15) is 5.10 Å². The fraction of sp³-hybridized carbons (Fsp3) is 0.412. The van der Waals surface area contributed by atoms with E-state index in [1.54, 1.807) is 36.1 Å². The molecule has 2 amide bonds. The van der Waals surface area contributed by atoms with Crippen molar-refractivity contribution in [2.75, 3.05) is 18.4 Å². The Morgan fingerprint density at radius 2 is 2.28 bits per heavy atom. The van der Waals surface area contributed by atoms with Crippen LogP contribution >= 0.6 is 0 Å². The van der Waals surface area contributed by atoms with Crippen molar-refractivity contribution in [3.8, 4) is 5.75 Å². The SMILES string of the molecule is C[C@@H]1Oc2c(cccc2C(=O)N2CCC[C@@H](n3cncn3)C2)NC1=O. The summed E-state index contributed by atoms with van der Waals surface area (Å²) in [6.45, 7) is 2.94. The molecule has 0 saturated carbocycles. The lowest BCUT2D eigenvalue weighted by Crippen LogP contribution is -2.42. The van der Waals surface area contributed by atoms with E-state index in [9.17, 15) is 9.59 Å². The minimum absolute atomic E-state index is 0.0926. The highest BCUT2D eigenvalue weighted by molar-refractivity contribution is 6.04. The van der Waals surface area contributed by atoms with Crippen molar-refractivity contribution in [3.05, 3.63) is 36.4 Å². The molecule has 0 bridgehead atoms. The molecule has 0 unspecified atom stereocenters. The molecule has 0 spiro atoms. The standard InChI is InChI=1S/C17H19N5O3/c1-11-16(23)20-14-6-2-5-13(15(14)25-11)17(24)21-7-3-4-12(8-21)22-10-18-9-19-22/h2,5-6,9-12H,3-4,7-8H2,1H3,(H,20,23)/t11-,12+/m0/s1. The van der Waals surface area contributed by atoms with Crippen LogP contribution in [0.2, 0.25) is 0 Å². The molecule has 1 saturated heterocycles. The van der Waals surface area contributed by atoms with Crippen LogP contribution in [0.15, 0.2) is 30.9 Å². The summed E-state index contributed by atoms with van der Waals surface area (Å²) in [5.41, 5.74) is 1.02. The van der Waals surface area contributed by atoms with Gasteiger partial charge in [0.15, 0.2) is 11.9 Å². The van der Waals surface area contributed by atoms with Crippen LogP contribution in [-0.2, 0) is 4.79 Å². The molecule has 8 heteroatoms. The number of carbonyl (C=O) groups is 2. The van der Waals surface area contributed by atoms with E-state index in [2.05, 4.69) is 15.4 Å². The molecular weight excluding hydrogens is 322 g/mol. The Bertz CT molecular complexity index is 805. The summed E-state index contributed by atoms with van der Waals surface area (Å²) in [6, 6.07) is 5.36. The van der Waals surface area contributed by atoms with Crippen LogP contribution in [-0.4, -0.2) is 50.7 Å². The zero-order valence-electron chi connectivity index (χ0n) is 13.9. The second-order valence-electron chi connectivity index (χ2n) is 6.35. The number of hydrogen-bond acceptors (Lipinski definition) is 5. The summed E-state index contributed by atoms with van der Waals surface area (Å²) in [5, 5.41) is 6.97. The number of aromatic nitrogens is 3. The highest BCUT2D eigenvalue weighted by Gasteiger charge is 2.31. The van der Waals surface area contributed by atoms with Crippen LogP contribution in [0.1, 0.15) is 36.2 Å². The van der Waals surface area contributed by atoms with Gasteiger partial charge in [0.05, 0.1) is 17.3 Å². The van der Waals surface area contributed by atoms with E-state index in [1.165, 1.54) is 6.33 Å². The first-order valence-corrected chi connectivity index (χ1v) is 8.37. The zero-order valence-corrected chi connectivity index (χ0v) is 13.9. The summed E-state index contributed by atoms with van der Waals surface area (Å²) < 4.78 is 7.50. The van der Waals surface area contributed by atoms with E-state index in [1.807, 2.05) is 4.90 Å². The predicted molar refractivity (Wildman–Crippen MR) is 89.4 cm³/mol. The number of likely N-dealkylation sites (tertiary alicyclic amines) is 1. The number of fused-ring (bicyclic) bond motifs is 1. The molecule has 2 aliphatic rings. The Morgan fingerprint density at radius 1 is 1.40 bits per heavy atom. The third kappa shape index (κ3) is 2.84. The number of anilines is 1. The minimum atomic E-state index is -0.620. The van der Waals surface area contributed by atoms with Crippen molar-refractivity contribution >= 4 is 17.5 Å². The number of rotatable bonds is 2. The topological polar surface area (TPSA) is 89.3 Å². The molecule has 2 aromatic rings. The highest BCUT2D eigenvalue weighted by atomic mass is 16.5. The van der Waals surface area contributed by atoms with Gasteiger partial charge in [0.2, 0.25) is 0 Å². The summed E-state index contributed by atoms with van der Waals surface area (Å²) in [7, 11) is 0. The Labute approximate surface area is 144 Å². The van der Waals surface area contributed by atoms with Crippen molar-refractivity contribution in [1.82, 2.24) is 19.7 Å². The lowest BCUT2D eigenvalue weighted by Gasteiger charge is -2.33. The van der Waals surface area contributed by atoms with Gasteiger partial charge in [0.25, 0.3) is 11.8 Å². The van der Waals surface area contributed by atoms with Gasteiger partial charge in [0.1, 0.15) is 12.7 Å². The largest absolute Gasteiger partial charge is 0.478 e. The first-order valence-electron chi connectivity index (χ1n) is 8.37. The smallest absolute Gasteiger partial charge is 0.265 e. The minimum Gasteiger partial charge on any atom is -0.478 e. The molecule has 2 aliphatic heterocycles. The van der Waals surface area contributed by atoms with Crippen LogP contribution < -0.4 is 10.1 Å². The Balaban J connectivity index is 1.59. The van der Waals surface area contributed by atoms with Crippen LogP contribution in [0.4, 0.5) is 5.69 Å². The summed E-state index contributed by atoms with van der Waals surface area (Å²) >= 11 is 0. The van der Waals surface area contributed by atoms with Crippen molar-refractivity contribution in [3.63, 3.8) is 0 Å². The maximum absolute atomic E-state index is 13.1. The molecule has 1 N–H and O–H groups in total. The molecule has 3 heterocycles. The number of benzene rings is 1. The van der Waals surface area contributed by atoms with E-state index >= 15 is 0 Å². The van der Waals surface area contributed by atoms with Crippen molar-refractivity contribution in [1.29, 1.82) is 0 Å².